The summed E-state index contributed by atoms with van der Waals surface area (Å²) in [5.74, 6) is -1.07. The number of nitriles is 1. The maximum Gasteiger partial charge on any atom is 0.339 e. The molecule has 0 aliphatic carbocycles. The van der Waals surface area contributed by atoms with Crippen LogP contribution in [0, 0.1) is 11.3 Å². The average molecular weight is 469 g/mol. The van der Waals surface area contributed by atoms with Gasteiger partial charge in [-0.1, -0.05) is 11.6 Å². The Balaban J connectivity index is 1.98. The third-order valence-electron chi connectivity index (χ3n) is 5.02. The number of rotatable bonds is 7. The molecule has 0 unspecified atom stereocenters. The molecule has 1 aromatic heterocycles. The SMILES string of the molecule is CCOC(=O)c1cc(-c2ccc(/C=C3/C(=O)N(CCCO)C(=O)C(C#N)=C3C)o2)ccc1Cl. The number of nitrogens with zero attached hydrogens (tertiary/aromatic N) is 2. The van der Waals surface area contributed by atoms with Gasteiger partial charge in [-0.05, 0) is 62.2 Å². The molecule has 0 saturated heterocycles. The van der Waals surface area contributed by atoms with E-state index in [2.05, 4.69) is 0 Å². The highest BCUT2D eigenvalue weighted by Gasteiger charge is 2.35. The van der Waals surface area contributed by atoms with E-state index in [-0.39, 0.29) is 53.5 Å². The number of aliphatic hydroxyl groups is 1. The molecule has 2 amide bonds. The molecule has 2 aromatic rings. The number of imide groups is 1. The molecule has 33 heavy (non-hydrogen) atoms. The minimum absolute atomic E-state index is 0.00518. The molecule has 1 aliphatic rings. The van der Waals surface area contributed by atoms with Crippen molar-refractivity contribution in [1.29, 1.82) is 5.26 Å². The van der Waals surface area contributed by atoms with Crippen molar-refractivity contribution in [3.8, 4) is 17.4 Å². The Bertz CT molecular complexity index is 1220. The van der Waals surface area contributed by atoms with Crippen molar-refractivity contribution in [3.63, 3.8) is 0 Å². The van der Waals surface area contributed by atoms with Crippen LogP contribution < -0.4 is 0 Å². The Labute approximate surface area is 195 Å². The lowest BCUT2D eigenvalue weighted by atomic mass is 9.94. The van der Waals surface area contributed by atoms with E-state index < -0.39 is 17.8 Å². The molecule has 1 aliphatic heterocycles. The van der Waals surface area contributed by atoms with Crippen molar-refractivity contribution in [1.82, 2.24) is 4.90 Å². The second-order valence-corrected chi connectivity index (χ2v) is 7.53. The highest BCUT2D eigenvalue weighted by Crippen LogP contribution is 2.31. The van der Waals surface area contributed by atoms with Crippen molar-refractivity contribution in [2.75, 3.05) is 19.8 Å². The zero-order valence-electron chi connectivity index (χ0n) is 18.1. The summed E-state index contributed by atoms with van der Waals surface area (Å²) >= 11 is 6.11. The van der Waals surface area contributed by atoms with Crippen LogP contribution in [0.2, 0.25) is 5.02 Å². The molecule has 9 heteroatoms. The average Bonchev–Trinajstić information content (AvgIpc) is 3.26. The molecule has 2 heterocycles. The minimum atomic E-state index is -0.682. The van der Waals surface area contributed by atoms with E-state index in [1.807, 2.05) is 6.07 Å². The van der Waals surface area contributed by atoms with Crippen LogP contribution in [0.25, 0.3) is 17.4 Å². The molecule has 3 rings (SSSR count). The summed E-state index contributed by atoms with van der Waals surface area (Å²) in [5, 5.41) is 18.7. The highest BCUT2D eigenvalue weighted by atomic mass is 35.5. The van der Waals surface area contributed by atoms with E-state index >= 15 is 0 Å². The van der Waals surface area contributed by atoms with Gasteiger partial charge in [0.2, 0.25) is 0 Å². The fourth-order valence-corrected chi connectivity index (χ4v) is 3.53. The van der Waals surface area contributed by atoms with Crippen LogP contribution in [0.5, 0.6) is 0 Å². The summed E-state index contributed by atoms with van der Waals surface area (Å²) in [7, 11) is 0. The number of halogens is 1. The number of esters is 1. The number of amides is 2. The first-order valence-corrected chi connectivity index (χ1v) is 10.6. The number of ether oxygens (including phenoxy) is 1. The number of furan rings is 1. The van der Waals surface area contributed by atoms with Gasteiger partial charge in [0.15, 0.2) is 0 Å². The van der Waals surface area contributed by atoms with Gasteiger partial charge in [-0.2, -0.15) is 5.26 Å². The Kier molecular flexibility index (Phi) is 7.48. The van der Waals surface area contributed by atoms with Gasteiger partial charge in [-0.15, -0.1) is 0 Å². The number of hydrogen-bond donors (Lipinski definition) is 1. The zero-order chi connectivity index (χ0) is 24.1. The van der Waals surface area contributed by atoms with Gasteiger partial charge < -0.3 is 14.3 Å². The van der Waals surface area contributed by atoms with Crippen LogP contribution >= 0.6 is 11.6 Å². The van der Waals surface area contributed by atoms with E-state index in [0.29, 0.717) is 17.1 Å². The summed E-state index contributed by atoms with van der Waals surface area (Å²) in [4.78, 5) is 38.5. The Morgan fingerprint density at radius 1 is 1.27 bits per heavy atom. The second kappa shape index (κ2) is 10.3. The number of carbonyl (C=O) groups excluding carboxylic acids is 3. The fourth-order valence-electron chi connectivity index (χ4n) is 3.33. The van der Waals surface area contributed by atoms with Crippen molar-refractivity contribution in [2.45, 2.75) is 20.3 Å². The van der Waals surface area contributed by atoms with Gasteiger partial charge in [-0.3, -0.25) is 14.5 Å². The first kappa shape index (κ1) is 24.0. The molecule has 0 atom stereocenters. The molecule has 0 spiro atoms. The Morgan fingerprint density at radius 2 is 2.03 bits per heavy atom. The molecular formula is C24H21ClN2O6. The summed E-state index contributed by atoms with van der Waals surface area (Å²) < 4.78 is 10.9. The lowest BCUT2D eigenvalue weighted by Gasteiger charge is -2.27. The Hall–Kier alpha value is -3.67. The molecule has 0 radical (unpaired) electrons. The van der Waals surface area contributed by atoms with Crippen LogP contribution in [0.3, 0.4) is 0 Å². The minimum Gasteiger partial charge on any atom is -0.462 e. The number of carbonyl (C=O) groups is 3. The normalized spacial score (nSPS) is 15.2. The zero-order valence-corrected chi connectivity index (χ0v) is 18.8. The van der Waals surface area contributed by atoms with E-state index in [4.69, 9.17) is 25.9 Å². The number of benzene rings is 1. The molecule has 1 N–H and O–H groups in total. The summed E-state index contributed by atoms with van der Waals surface area (Å²) in [5.41, 5.74) is 1.04. The van der Waals surface area contributed by atoms with Crippen LogP contribution in [-0.2, 0) is 14.3 Å². The molecule has 1 aromatic carbocycles. The van der Waals surface area contributed by atoms with Crippen molar-refractivity contribution in [3.05, 3.63) is 63.4 Å². The van der Waals surface area contributed by atoms with E-state index in [1.54, 1.807) is 37.3 Å². The molecular weight excluding hydrogens is 448 g/mol. The lowest BCUT2D eigenvalue weighted by Crippen LogP contribution is -2.43. The maximum absolute atomic E-state index is 12.9. The predicted octanol–water partition coefficient (Wildman–Crippen LogP) is 3.75. The second-order valence-electron chi connectivity index (χ2n) is 7.13. The molecule has 170 valence electrons. The summed E-state index contributed by atoms with van der Waals surface area (Å²) in [6.07, 6.45) is 1.66. The maximum atomic E-state index is 12.9. The van der Waals surface area contributed by atoms with Crippen LogP contribution in [0.15, 0.2) is 51.5 Å². The van der Waals surface area contributed by atoms with Gasteiger partial charge in [-0.25, -0.2) is 4.79 Å². The molecule has 0 fully saturated rings. The lowest BCUT2D eigenvalue weighted by molar-refractivity contribution is -0.140. The van der Waals surface area contributed by atoms with Crippen LogP contribution in [0.4, 0.5) is 0 Å². The largest absolute Gasteiger partial charge is 0.462 e. The summed E-state index contributed by atoms with van der Waals surface area (Å²) in [6, 6.07) is 9.94. The van der Waals surface area contributed by atoms with E-state index in [1.165, 1.54) is 13.0 Å². The molecule has 8 nitrogen and oxygen atoms in total. The fraction of sp³-hybridized carbons (Fsp3) is 0.250. The molecule has 0 bridgehead atoms. The predicted molar refractivity (Wildman–Crippen MR) is 120 cm³/mol. The third kappa shape index (κ3) is 4.90. The van der Waals surface area contributed by atoms with Gasteiger partial charge in [0, 0.05) is 24.3 Å². The number of hydrogen-bond acceptors (Lipinski definition) is 7. The van der Waals surface area contributed by atoms with E-state index in [0.717, 1.165) is 4.90 Å². The topological polar surface area (TPSA) is 121 Å². The molecule has 0 saturated carbocycles. The quantitative estimate of drug-likeness (QED) is 0.373. The standard InChI is InChI=1S/C24H21ClN2O6/c1-3-32-24(31)18-11-15(5-7-20(18)25)21-8-6-16(33-21)12-17-14(2)19(13-26)23(30)27(22(17)29)9-4-10-28/h5-8,11-12,28H,3-4,9-10H2,1-2H3/b17-12+. The van der Waals surface area contributed by atoms with Crippen molar-refractivity contribution < 1.29 is 28.6 Å². The first-order chi connectivity index (χ1) is 15.8. The number of aliphatic hydroxyl groups excluding tert-OH is 1. The van der Waals surface area contributed by atoms with Crippen molar-refractivity contribution in [2.24, 2.45) is 0 Å². The van der Waals surface area contributed by atoms with Gasteiger partial charge in [0.25, 0.3) is 11.8 Å². The first-order valence-electron chi connectivity index (χ1n) is 10.2. The van der Waals surface area contributed by atoms with Gasteiger partial charge in [0.05, 0.1) is 17.2 Å². The highest BCUT2D eigenvalue weighted by molar-refractivity contribution is 6.33. The monoisotopic (exact) mass is 468 g/mol. The van der Waals surface area contributed by atoms with Crippen LogP contribution in [-0.4, -0.2) is 47.5 Å². The van der Waals surface area contributed by atoms with Crippen LogP contribution in [0.1, 0.15) is 36.4 Å². The van der Waals surface area contributed by atoms with E-state index in [9.17, 15) is 19.6 Å². The van der Waals surface area contributed by atoms with Crippen molar-refractivity contribution >= 4 is 35.5 Å². The van der Waals surface area contributed by atoms with Gasteiger partial charge >= 0.3 is 5.97 Å². The smallest absolute Gasteiger partial charge is 0.339 e. The summed E-state index contributed by atoms with van der Waals surface area (Å²) in [6.45, 7) is 3.23. The third-order valence-corrected chi connectivity index (χ3v) is 5.35. The van der Waals surface area contributed by atoms with Gasteiger partial charge in [0.1, 0.15) is 23.2 Å². The Morgan fingerprint density at radius 3 is 2.70 bits per heavy atom.